The average molecular weight is 465 g/mol. The molecule has 4 saturated carbocycles. The topological polar surface area (TPSA) is 58.6 Å². The van der Waals surface area contributed by atoms with Gasteiger partial charge in [0.1, 0.15) is 0 Å². The van der Waals surface area contributed by atoms with Gasteiger partial charge in [-0.1, -0.05) is 19.9 Å². The van der Waals surface area contributed by atoms with Gasteiger partial charge >= 0.3 is 0 Å². The van der Waals surface area contributed by atoms with Crippen LogP contribution in [0.3, 0.4) is 0 Å². The van der Waals surface area contributed by atoms with Gasteiger partial charge in [0.15, 0.2) is 0 Å². The van der Waals surface area contributed by atoms with Crippen molar-refractivity contribution in [2.45, 2.75) is 78.1 Å². The van der Waals surface area contributed by atoms with Gasteiger partial charge in [-0.05, 0) is 104 Å². The van der Waals surface area contributed by atoms with Crippen molar-refractivity contribution in [3.8, 4) is 0 Å². The molecule has 34 heavy (non-hydrogen) atoms. The lowest BCUT2D eigenvalue weighted by atomic mass is 9.40. The summed E-state index contributed by atoms with van der Waals surface area (Å²) in [6.45, 7) is 8.10. The van der Waals surface area contributed by atoms with Crippen LogP contribution in [-0.4, -0.2) is 43.0 Å². The number of nitrogens with one attached hydrogen (secondary N) is 1. The number of benzene rings is 1. The Morgan fingerprint density at radius 1 is 1.09 bits per heavy atom. The minimum Gasteiger partial charge on any atom is -0.381 e. The Hall–Kier alpha value is -1.88. The number of rotatable bonds is 5. The zero-order chi connectivity index (χ0) is 23.6. The molecule has 2 atom stereocenters. The van der Waals surface area contributed by atoms with E-state index in [1.165, 1.54) is 38.5 Å². The first-order chi connectivity index (χ1) is 16.2. The lowest BCUT2D eigenvalue weighted by Crippen LogP contribution is -2.55. The smallest absolute Gasteiger partial charge is 0.254 e. The van der Waals surface area contributed by atoms with Crippen molar-refractivity contribution in [2.24, 2.45) is 28.1 Å². The van der Waals surface area contributed by atoms with E-state index in [4.69, 9.17) is 4.74 Å². The van der Waals surface area contributed by atoms with Gasteiger partial charge in [0.2, 0.25) is 5.91 Å². The Morgan fingerprint density at radius 2 is 1.82 bits per heavy atom. The van der Waals surface area contributed by atoms with Gasteiger partial charge in [0, 0.05) is 44.0 Å². The van der Waals surface area contributed by atoms with Gasteiger partial charge in [-0.15, -0.1) is 0 Å². The van der Waals surface area contributed by atoms with E-state index in [0.29, 0.717) is 23.2 Å². The van der Waals surface area contributed by atoms with Gasteiger partial charge in [0.25, 0.3) is 5.91 Å². The normalized spacial score (nSPS) is 37.1. The van der Waals surface area contributed by atoms with E-state index in [1.54, 1.807) is 0 Å². The first kappa shape index (κ1) is 22.6. The van der Waals surface area contributed by atoms with Crippen LogP contribution in [0.4, 0.5) is 5.69 Å². The second-order valence-corrected chi connectivity index (χ2v) is 13.2. The van der Waals surface area contributed by atoms with Crippen LogP contribution in [0.15, 0.2) is 18.2 Å². The third kappa shape index (κ3) is 4.08. The summed E-state index contributed by atoms with van der Waals surface area (Å²) >= 11 is 0. The largest absolute Gasteiger partial charge is 0.381 e. The van der Waals surface area contributed by atoms with Gasteiger partial charge < -0.3 is 15.0 Å². The van der Waals surface area contributed by atoms with Crippen LogP contribution in [-0.2, 0) is 16.0 Å². The van der Waals surface area contributed by atoms with Crippen LogP contribution in [0.2, 0.25) is 0 Å². The van der Waals surface area contributed by atoms with E-state index in [1.807, 2.05) is 23.1 Å². The molecule has 5 nitrogen and oxygen atoms in total. The number of fused-ring (bicyclic) bond motifs is 1. The number of nitrogens with zero attached hydrogens (tertiary/aromatic N) is 1. The van der Waals surface area contributed by atoms with E-state index < -0.39 is 0 Å². The molecule has 1 N–H and O–H groups in total. The van der Waals surface area contributed by atoms with Crippen molar-refractivity contribution in [1.82, 2.24) is 4.90 Å². The second kappa shape index (κ2) is 8.08. The third-order valence-electron chi connectivity index (χ3n) is 9.70. The molecule has 4 bridgehead atoms. The lowest BCUT2D eigenvalue weighted by Gasteiger charge is -2.65. The minimum absolute atomic E-state index is 0.116. The molecule has 1 saturated heterocycles. The molecule has 6 aliphatic rings. The highest BCUT2D eigenvalue weighted by Crippen LogP contribution is 2.70. The maximum atomic E-state index is 13.4. The predicted octanol–water partition coefficient (Wildman–Crippen LogP) is 5.44. The third-order valence-corrected chi connectivity index (χ3v) is 9.70. The summed E-state index contributed by atoms with van der Waals surface area (Å²) in [4.78, 5) is 28.7. The van der Waals surface area contributed by atoms with Gasteiger partial charge in [-0.3, -0.25) is 9.59 Å². The quantitative estimate of drug-likeness (QED) is 0.632. The van der Waals surface area contributed by atoms with Crippen LogP contribution in [0.5, 0.6) is 0 Å². The molecule has 2 unspecified atom stereocenters. The predicted molar refractivity (Wildman–Crippen MR) is 133 cm³/mol. The van der Waals surface area contributed by atoms with Gasteiger partial charge in [-0.2, -0.15) is 0 Å². The zero-order valence-corrected chi connectivity index (χ0v) is 21.0. The van der Waals surface area contributed by atoms with Crippen LogP contribution in [0.1, 0.15) is 87.6 Å². The molecular formula is C29H40N2O3. The van der Waals surface area contributed by atoms with Crippen LogP contribution < -0.4 is 5.32 Å². The Morgan fingerprint density at radius 3 is 2.53 bits per heavy atom. The Bertz CT molecular complexity index is 979. The number of carbonyl (C=O) groups is 2. The summed E-state index contributed by atoms with van der Waals surface area (Å²) in [6.07, 6.45) is 11.2. The van der Waals surface area contributed by atoms with E-state index in [0.717, 1.165) is 68.3 Å². The van der Waals surface area contributed by atoms with Crippen molar-refractivity contribution in [1.29, 1.82) is 0 Å². The van der Waals surface area contributed by atoms with E-state index in [-0.39, 0.29) is 17.2 Å². The molecule has 1 aromatic carbocycles. The fourth-order valence-corrected chi connectivity index (χ4v) is 9.52. The van der Waals surface area contributed by atoms with Crippen molar-refractivity contribution >= 4 is 17.5 Å². The van der Waals surface area contributed by atoms with Crippen molar-refractivity contribution in [2.75, 3.05) is 31.6 Å². The molecule has 184 valence electrons. The molecule has 5 heteroatoms. The van der Waals surface area contributed by atoms with Crippen molar-refractivity contribution in [3.63, 3.8) is 0 Å². The molecule has 2 heterocycles. The fourth-order valence-electron chi connectivity index (χ4n) is 9.52. The molecule has 0 aromatic heterocycles. The Labute approximate surface area is 204 Å². The van der Waals surface area contributed by atoms with Gasteiger partial charge in [0.05, 0.1) is 0 Å². The summed E-state index contributed by atoms with van der Waals surface area (Å²) in [5.41, 5.74) is 3.64. The van der Waals surface area contributed by atoms with Crippen LogP contribution >= 0.6 is 0 Å². The van der Waals surface area contributed by atoms with Crippen LogP contribution in [0.25, 0.3) is 0 Å². The summed E-state index contributed by atoms with van der Waals surface area (Å²) in [7, 11) is 0. The molecule has 2 amide bonds. The zero-order valence-electron chi connectivity index (χ0n) is 21.0. The van der Waals surface area contributed by atoms with E-state index in [2.05, 4.69) is 19.2 Å². The average Bonchev–Trinajstić information content (AvgIpc) is 2.74. The Balaban J connectivity index is 1.15. The molecule has 5 fully saturated rings. The highest BCUT2D eigenvalue weighted by atomic mass is 16.5. The first-order valence-electron chi connectivity index (χ1n) is 13.5. The van der Waals surface area contributed by atoms with Crippen molar-refractivity contribution in [3.05, 3.63) is 29.3 Å². The molecule has 1 aromatic rings. The molecule has 4 aliphatic carbocycles. The molecule has 0 spiro atoms. The number of hydrogen-bond acceptors (Lipinski definition) is 3. The minimum atomic E-state index is 0.116. The van der Waals surface area contributed by atoms with Gasteiger partial charge in [-0.25, -0.2) is 0 Å². The highest BCUT2D eigenvalue weighted by molar-refractivity contribution is 6.00. The molecular weight excluding hydrogens is 424 g/mol. The standard InChI is InChI=1S/C29H40N2O3/c1-27-12-21-13-28(2,17-27)19-29(14-21,18-27)15-25(32)30-24-5-3-4-23-22(24)6-9-31(26(23)33)16-20-7-10-34-11-8-20/h3-5,20-21H,6-19H2,1-2H3,(H,30,32). The van der Waals surface area contributed by atoms with Crippen LogP contribution in [0, 0.1) is 28.1 Å². The lowest BCUT2D eigenvalue weighted by molar-refractivity contribution is -0.153. The maximum Gasteiger partial charge on any atom is 0.254 e. The summed E-state index contributed by atoms with van der Waals surface area (Å²) < 4.78 is 5.48. The molecule has 2 aliphatic heterocycles. The first-order valence-corrected chi connectivity index (χ1v) is 13.5. The SMILES string of the molecule is CC12CC3CC(C)(C1)CC(CC(=O)Nc1cccc4c1CCN(CC1CCOCC1)C4=O)(C3)C2. The van der Waals surface area contributed by atoms with E-state index >= 15 is 0 Å². The summed E-state index contributed by atoms with van der Waals surface area (Å²) in [6, 6.07) is 5.85. The second-order valence-electron chi connectivity index (χ2n) is 13.2. The van der Waals surface area contributed by atoms with Crippen molar-refractivity contribution < 1.29 is 14.3 Å². The van der Waals surface area contributed by atoms with E-state index in [9.17, 15) is 9.59 Å². The number of hydrogen-bond donors (Lipinski definition) is 1. The number of amides is 2. The fraction of sp³-hybridized carbons (Fsp3) is 0.724. The monoisotopic (exact) mass is 464 g/mol. The summed E-state index contributed by atoms with van der Waals surface area (Å²) in [5.74, 6) is 1.58. The number of anilines is 1. The number of ether oxygens (including phenoxy) is 1. The maximum absolute atomic E-state index is 13.4. The Kier molecular flexibility index (Phi) is 5.36. The number of carbonyl (C=O) groups excluding carboxylic acids is 2. The highest BCUT2D eigenvalue weighted by Gasteiger charge is 2.60. The molecule has 7 rings (SSSR count). The molecule has 0 radical (unpaired) electrons. The summed E-state index contributed by atoms with van der Waals surface area (Å²) in [5, 5.41) is 3.26.